The third-order valence-corrected chi connectivity index (χ3v) is 6.11. The number of carbonyl (C=O) groups excluding carboxylic acids is 3. The Morgan fingerprint density at radius 3 is 2.13 bits per heavy atom. The number of carbonyl (C=O) groups is 3. The maximum Gasteiger partial charge on any atom is 0.325 e. The average Bonchev–Trinajstić information content (AvgIpc) is 2.97. The molecule has 0 aliphatic carbocycles. The lowest BCUT2D eigenvalue weighted by molar-refractivity contribution is -0.133. The van der Waals surface area contributed by atoms with Gasteiger partial charge in [-0.15, -0.1) is 0 Å². The minimum atomic E-state index is -1.19. The van der Waals surface area contributed by atoms with Gasteiger partial charge in [0.25, 0.3) is 5.91 Å². The standard InChI is InChI=1S/C25H31N3O3/c1-6-17(4)19-9-13-21(14-10-19)26-22(29)15-28-23(30)25(5,27-24(28)31)20-11-7-18(8-12-20)16(2)3/h7-14,16-17H,6,15H2,1-5H3,(H,26,29)(H,27,31)/t17-,25+/m1/s1. The zero-order chi connectivity index (χ0) is 22.8. The average molecular weight is 422 g/mol. The van der Waals surface area contributed by atoms with Gasteiger partial charge >= 0.3 is 6.03 Å². The van der Waals surface area contributed by atoms with E-state index in [4.69, 9.17) is 0 Å². The Kier molecular flexibility index (Phi) is 6.48. The van der Waals surface area contributed by atoms with Crippen molar-refractivity contribution >= 4 is 23.5 Å². The van der Waals surface area contributed by atoms with E-state index in [2.05, 4.69) is 38.3 Å². The monoisotopic (exact) mass is 421 g/mol. The Labute approximate surface area is 184 Å². The number of hydrogen-bond donors (Lipinski definition) is 2. The second kappa shape index (κ2) is 8.92. The van der Waals surface area contributed by atoms with Gasteiger partial charge in [0, 0.05) is 5.69 Å². The van der Waals surface area contributed by atoms with E-state index < -0.39 is 23.4 Å². The van der Waals surface area contributed by atoms with Gasteiger partial charge in [-0.1, -0.05) is 64.1 Å². The van der Waals surface area contributed by atoms with E-state index in [9.17, 15) is 14.4 Å². The van der Waals surface area contributed by atoms with Crippen LogP contribution in [0.5, 0.6) is 0 Å². The molecular weight excluding hydrogens is 390 g/mol. The van der Waals surface area contributed by atoms with Crippen molar-refractivity contribution in [3.63, 3.8) is 0 Å². The van der Waals surface area contributed by atoms with Gasteiger partial charge in [-0.05, 0) is 54.0 Å². The molecule has 1 fully saturated rings. The van der Waals surface area contributed by atoms with E-state index in [0.717, 1.165) is 16.9 Å². The molecule has 1 saturated heterocycles. The van der Waals surface area contributed by atoms with Gasteiger partial charge in [-0.3, -0.25) is 14.5 Å². The molecule has 164 valence electrons. The van der Waals surface area contributed by atoms with Gasteiger partial charge in [-0.2, -0.15) is 0 Å². The predicted molar refractivity (Wildman–Crippen MR) is 122 cm³/mol. The number of nitrogens with one attached hydrogen (secondary N) is 2. The van der Waals surface area contributed by atoms with E-state index in [1.165, 1.54) is 5.56 Å². The van der Waals surface area contributed by atoms with E-state index >= 15 is 0 Å². The molecule has 3 rings (SSSR count). The molecule has 1 aliphatic heterocycles. The molecule has 0 aromatic heterocycles. The Hall–Kier alpha value is -3.15. The maximum atomic E-state index is 13.1. The topological polar surface area (TPSA) is 78.5 Å². The number of imide groups is 1. The van der Waals surface area contributed by atoms with Crippen LogP contribution in [0.2, 0.25) is 0 Å². The number of nitrogens with zero attached hydrogens (tertiary/aromatic N) is 1. The molecule has 0 radical (unpaired) electrons. The van der Waals surface area contributed by atoms with Crippen molar-refractivity contribution in [2.24, 2.45) is 0 Å². The van der Waals surface area contributed by atoms with Crippen molar-refractivity contribution in [1.29, 1.82) is 0 Å². The number of rotatable bonds is 7. The minimum Gasteiger partial charge on any atom is -0.325 e. The molecule has 1 aliphatic rings. The second-order valence-electron chi connectivity index (χ2n) is 8.70. The lowest BCUT2D eigenvalue weighted by Gasteiger charge is -2.22. The normalized spacial score (nSPS) is 19.5. The Balaban J connectivity index is 1.68. The van der Waals surface area contributed by atoms with Gasteiger partial charge < -0.3 is 10.6 Å². The zero-order valence-electron chi connectivity index (χ0n) is 18.9. The number of amides is 4. The summed E-state index contributed by atoms with van der Waals surface area (Å²) in [6.45, 7) is 9.80. The Bertz CT molecular complexity index is 967. The molecular formula is C25H31N3O3. The van der Waals surface area contributed by atoms with Crippen LogP contribution in [0, 0.1) is 0 Å². The zero-order valence-corrected chi connectivity index (χ0v) is 18.9. The Morgan fingerprint density at radius 2 is 1.58 bits per heavy atom. The van der Waals surface area contributed by atoms with Crippen LogP contribution in [-0.2, 0) is 15.1 Å². The molecule has 1 heterocycles. The summed E-state index contributed by atoms with van der Waals surface area (Å²) >= 11 is 0. The SMILES string of the molecule is CC[C@@H](C)c1ccc(NC(=O)CN2C(=O)N[C@@](C)(c3ccc(C(C)C)cc3)C2=O)cc1. The van der Waals surface area contributed by atoms with Crippen molar-refractivity contribution in [1.82, 2.24) is 10.2 Å². The highest BCUT2D eigenvalue weighted by Gasteiger charge is 2.49. The molecule has 0 unspecified atom stereocenters. The molecule has 4 amide bonds. The maximum absolute atomic E-state index is 13.1. The summed E-state index contributed by atoms with van der Waals surface area (Å²) in [5, 5.41) is 5.52. The number of benzene rings is 2. The summed E-state index contributed by atoms with van der Waals surface area (Å²) in [5.74, 6) is -0.0330. The minimum absolute atomic E-state index is 0.336. The molecule has 2 atom stereocenters. The fraction of sp³-hybridized carbons (Fsp3) is 0.400. The fourth-order valence-electron chi connectivity index (χ4n) is 3.71. The van der Waals surface area contributed by atoms with E-state index in [-0.39, 0.29) is 6.54 Å². The quantitative estimate of drug-likeness (QED) is 0.635. The molecule has 6 nitrogen and oxygen atoms in total. The highest BCUT2D eigenvalue weighted by atomic mass is 16.2. The molecule has 2 N–H and O–H groups in total. The van der Waals surface area contributed by atoms with Crippen LogP contribution < -0.4 is 10.6 Å². The van der Waals surface area contributed by atoms with E-state index in [0.29, 0.717) is 23.1 Å². The highest BCUT2D eigenvalue weighted by Crippen LogP contribution is 2.30. The molecule has 0 saturated carbocycles. The van der Waals surface area contributed by atoms with Gasteiger partial charge in [-0.25, -0.2) is 4.79 Å². The van der Waals surface area contributed by atoms with Gasteiger partial charge in [0.15, 0.2) is 0 Å². The van der Waals surface area contributed by atoms with Crippen molar-refractivity contribution in [3.05, 3.63) is 65.2 Å². The number of hydrogen-bond acceptors (Lipinski definition) is 3. The number of urea groups is 1. The molecule has 6 heteroatoms. The summed E-state index contributed by atoms with van der Waals surface area (Å²) < 4.78 is 0. The van der Waals surface area contributed by atoms with Crippen LogP contribution in [-0.4, -0.2) is 29.3 Å². The van der Waals surface area contributed by atoms with Crippen LogP contribution >= 0.6 is 0 Å². The highest BCUT2D eigenvalue weighted by molar-refractivity contribution is 6.10. The van der Waals surface area contributed by atoms with Crippen molar-refractivity contribution in [2.45, 2.75) is 58.4 Å². The van der Waals surface area contributed by atoms with Crippen molar-refractivity contribution in [3.8, 4) is 0 Å². The van der Waals surface area contributed by atoms with E-state index in [1.807, 2.05) is 48.5 Å². The fourth-order valence-corrected chi connectivity index (χ4v) is 3.71. The molecule has 2 aromatic rings. The summed E-state index contributed by atoms with van der Waals surface area (Å²) in [6.07, 6.45) is 1.04. The van der Waals surface area contributed by atoms with Crippen LogP contribution in [0.3, 0.4) is 0 Å². The summed E-state index contributed by atoms with van der Waals surface area (Å²) in [6, 6.07) is 14.7. The van der Waals surface area contributed by atoms with E-state index in [1.54, 1.807) is 6.92 Å². The lowest BCUT2D eigenvalue weighted by atomic mass is 9.90. The first-order chi connectivity index (χ1) is 14.7. The molecule has 2 aromatic carbocycles. The van der Waals surface area contributed by atoms with Gasteiger partial charge in [0.05, 0.1) is 0 Å². The first-order valence-electron chi connectivity index (χ1n) is 10.8. The summed E-state index contributed by atoms with van der Waals surface area (Å²) in [5.41, 5.74) is 2.49. The summed E-state index contributed by atoms with van der Waals surface area (Å²) in [7, 11) is 0. The largest absolute Gasteiger partial charge is 0.325 e. The molecule has 0 bridgehead atoms. The molecule has 31 heavy (non-hydrogen) atoms. The van der Waals surface area contributed by atoms with Gasteiger partial charge in [0.1, 0.15) is 12.1 Å². The third-order valence-electron chi connectivity index (χ3n) is 6.11. The second-order valence-corrected chi connectivity index (χ2v) is 8.70. The summed E-state index contributed by atoms with van der Waals surface area (Å²) in [4.78, 5) is 39.1. The third kappa shape index (κ3) is 4.63. The Morgan fingerprint density at radius 1 is 1.00 bits per heavy atom. The van der Waals surface area contributed by atoms with Crippen LogP contribution in [0.25, 0.3) is 0 Å². The van der Waals surface area contributed by atoms with Gasteiger partial charge in [0.2, 0.25) is 5.91 Å². The lowest BCUT2D eigenvalue weighted by Crippen LogP contribution is -2.42. The predicted octanol–water partition coefficient (Wildman–Crippen LogP) is 4.73. The first kappa shape index (κ1) is 22.5. The number of anilines is 1. The van der Waals surface area contributed by atoms with Crippen LogP contribution in [0.4, 0.5) is 10.5 Å². The van der Waals surface area contributed by atoms with Crippen molar-refractivity contribution in [2.75, 3.05) is 11.9 Å². The first-order valence-corrected chi connectivity index (χ1v) is 10.8. The smallest absolute Gasteiger partial charge is 0.325 e. The van der Waals surface area contributed by atoms with Crippen LogP contribution in [0.15, 0.2) is 48.5 Å². The van der Waals surface area contributed by atoms with Crippen LogP contribution in [0.1, 0.15) is 69.6 Å². The van der Waals surface area contributed by atoms with Crippen molar-refractivity contribution < 1.29 is 14.4 Å². The molecule has 0 spiro atoms.